The molecule has 0 spiro atoms. The van der Waals surface area contributed by atoms with Crippen molar-refractivity contribution in [2.45, 2.75) is 46.6 Å². The molecule has 0 atom stereocenters. The number of piperidine rings is 1. The van der Waals surface area contributed by atoms with Crippen LogP contribution >= 0.6 is 0 Å². The van der Waals surface area contributed by atoms with Crippen LogP contribution < -0.4 is 0 Å². The van der Waals surface area contributed by atoms with Crippen molar-refractivity contribution in [1.82, 2.24) is 4.90 Å². The first kappa shape index (κ1) is 14.2. The van der Waals surface area contributed by atoms with Gasteiger partial charge in [-0.1, -0.05) is 57.5 Å². The maximum atomic E-state index is 2.58. The summed E-state index contributed by atoms with van der Waals surface area (Å²) >= 11 is 0. The summed E-state index contributed by atoms with van der Waals surface area (Å²) in [5, 5.41) is 0. The fraction of sp³-hybridized carbons (Fsp3) is 0.625. The molecule has 1 saturated heterocycles. The van der Waals surface area contributed by atoms with E-state index in [1.807, 2.05) is 13.8 Å². The molecule has 0 bridgehead atoms. The third kappa shape index (κ3) is 4.91. The zero-order chi connectivity index (χ0) is 12.5. The second kappa shape index (κ2) is 8.30. The Hall–Kier alpha value is -0.820. The highest BCUT2D eigenvalue weighted by atomic mass is 15.1. The van der Waals surface area contributed by atoms with Crippen molar-refractivity contribution in [3.8, 4) is 0 Å². The first-order valence-electron chi connectivity index (χ1n) is 7.14. The highest BCUT2D eigenvalue weighted by molar-refractivity contribution is 5.14. The Labute approximate surface area is 107 Å². The number of nitrogens with zero attached hydrogens (tertiary/aromatic N) is 1. The van der Waals surface area contributed by atoms with Crippen LogP contribution in [-0.2, 0) is 6.54 Å². The van der Waals surface area contributed by atoms with Gasteiger partial charge in [0.15, 0.2) is 0 Å². The van der Waals surface area contributed by atoms with Crippen LogP contribution in [0.3, 0.4) is 0 Å². The minimum Gasteiger partial charge on any atom is -0.299 e. The van der Waals surface area contributed by atoms with Gasteiger partial charge in [0.25, 0.3) is 0 Å². The first-order valence-corrected chi connectivity index (χ1v) is 7.14. The van der Waals surface area contributed by atoms with E-state index in [4.69, 9.17) is 0 Å². The summed E-state index contributed by atoms with van der Waals surface area (Å²) in [5.74, 6) is 0.983. The van der Waals surface area contributed by atoms with E-state index < -0.39 is 0 Å². The normalized spacial score (nSPS) is 17.4. The fourth-order valence-corrected chi connectivity index (χ4v) is 2.39. The summed E-state index contributed by atoms with van der Waals surface area (Å²) in [5.41, 5.74) is 1.45. The molecular formula is C16H27N. The molecule has 0 amide bonds. The SMILES string of the molecule is CC.CCC1CCN(Cc2ccccc2)CC1. The van der Waals surface area contributed by atoms with Crippen LogP contribution in [0.2, 0.25) is 0 Å². The van der Waals surface area contributed by atoms with E-state index in [9.17, 15) is 0 Å². The number of hydrogen-bond donors (Lipinski definition) is 0. The Bertz CT molecular complexity index is 273. The molecule has 2 rings (SSSR count). The van der Waals surface area contributed by atoms with Crippen LogP contribution in [0, 0.1) is 5.92 Å². The maximum absolute atomic E-state index is 2.58. The Morgan fingerprint density at radius 3 is 2.18 bits per heavy atom. The second-order valence-electron chi connectivity index (χ2n) is 4.61. The topological polar surface area (TPSA) is 3.24 Å². The molecule has 1 fully saturated rings. The summed E-state index contributed by atoms with van der Waals surface area (Å²) < 4.78 is 0. The van der Waals surface area contributed by atoms with Crippen molar-refractivity contribution < 1.29 is 0 Å². The van der Waals surface area contributed by atoms with Gasteiger partial charge in [0.05, 0.1) is 0 Å². The van der Waals surface area contributed by atoms with Gasteiger partial charge in [0.1, 0.15) is 0 Å². The first-order chi connectivity index (χ1) is 8.38. The standard InChI is InChI=1S/C14H21N.C2H6/c1-2-13-8-10-15(11-9-13)12-14-6-4-3-5-7-14;1-2/h3-7,13H,2,8-12H2,1H3;1-2H3. The summed E-state index contributed by atoms with van der Waals surface area (Å²) in [7, 11) is 0. The van der Waals surface area contributed by atoms with Gasteiger partial charge in [0, 0.05) is 6.54 Å². The largest absolute Gasteiger partial charge is 0.299 e. The smallest absolute Gasteiger partial charge is 0.0233 e. The summed E-state index contributed by atoms with van der Waals surface area (Å²) in [6, 6.07) is 10.8. The third-order valence-electron chi connectivity index (χ3n) is 3.53. The lowest BCUT2D eigenvalue weighted by Crippen LogP contribution is -2.32. The van der Waals surface area contributed by atoms with Crippen molar-refractivity contribution in [1.29, 1.82) is 0 Å². The van der Waals surface area contributed by atoms with Gasteiger partial charge in [-0.15, -0.1) is 0 Å². The number of rotatable bonds is 3. The molecule has 1 aliphatic heterocycles. The van der Waals surface area contributed by atoms with Gasteiger partial charge in [-0.25, -0.2) is 0 Å². The van der Waals surface area contributed by atoms with Crippen LogP contribution in [0.15, 0.2) is 30.3 Å². The predicted octanol–water partition coefficient (Wildman–Crippen LogP) is 4.33. The molecule has 17 heavy (non-hydrogen) atoms. The Balaban J connectivity index is 0.000000686. The maximum Gasteiger partial charge on any atom is 0.0233 e. The van der Waals surface area contributed by atoms with Crippen LogP contribution in [0.4, 0.5) is 0 Å². The molecule has 96 valence electrons. The molecule has 1 heteroatoms. The van der Waals surface area contributed by atoms with Gasteiger partial charge in [-0.05, 0) is 37.4 Å². The van der Waals surface area contributed by atoms with E-state index in [1.165, 1.54) is 37.9 Å². The third-order valence-corrected chi connectivity index (χ3v) is 3.53. The monoisotopic (exact) mass is 233 g/mol. The van der Waals surface area contributed by atoms with E-state index in [1.54, 1.807) is 0 Å². The van der Waals surface area contributed by atoms with Crippen LogP contribution in [0.25, 0.3) is 0 Å². The molecule has 1 aliphatic rings. The predicted molar refractivity (Wildman–Crippen MR) is 76.1 cm³/mol. The van der Waals surface area contributed by atoms with Gasteiger partial charge >= 0.3 is 0 Å². The zero-order valence-electron chi connectivity index (χ0n) is 11.7. The Kier molecular flexibility index (Phi) is 6.95. The van der Waals surface area contributed by atoms with Crippen molar-refractivity contribution in [3.05, 3.63) is 35.9 Å². The van der Waals surface area contributed by atoms with Crippen molar-refractivity contribution in [3.63, 3.8) is 0 Å². The van der Waals surface area contributed by atoms with Crippen molar-refractivity contribution in [2.24, 2.45) is 5.92 Å². The average molecular weight is 233 g/mol. The van der Waals surface area contributed by atoms with Crippen LogP contribution in [-0.4, -0.2) is 18.0 Å². The van der Waals surface area contributed by atoms with Gasteiger partial charge < -0.3 is 0 Å². The highest BCUT2D eigenvalue weighted by Crippen LogP contribution is 2.21. The highest BCUT2D eigenvalue weighted by Gasteiger charge is 2.17. The lowest BCUT2D eigenvalue weighted by molar-refractivity contribution is 0.175. The molecule has 0 N–H and O–H groups in total. The average Bonchev–Trinajstić information content (AvgIpc) is 2.43. The van der Waals surface area contributed by atoms with E-state index in [-0.39, 0.29) is 0 Å². The van der Waals surface area contributed by atoms with Crippen LogP contribution in [0.1, 0.15) is 45.6 Å². The minimum absolute atomic E-state index is 0.983. The van der Waals surface area contributed by atoms with E-state index >= 15 is 0 Å². The molecular weight excluding hydrogens is 206 g/mol. The van der Waals surface area contributed by atoms with Gasteiger partial charge in [0.2, 0.25) is 0 Å². The van der Waals surface area contributed by atoms with E-state index in [0.29, 0.717) is 0 Å². The van der Waals surface area contributed by atoms with Crippen molar-refractivity contribution >= 4 is 0 Å². The van der Waals surface area contributed by atoms with E-state index in [2.05, 4.69) is 42.2 Å². The lowest BCUT2D eigenvalue weighted by Gasteiger charge is -2.31. The summed E-state index contributed by atoms with van der Waals surface area (Å²) in [6.45, 7) is 10.0. The van der Waals surface area contributed by atoms with Crippen LogP contribution in [0.5, 0.6) is 0 Å². The second-order valence-corrected chi connectivity index (χ2v) is 4.61. The van der Waals surface area contributed by atoms with Crippen molar-refractivity contribution in [2.75, 3.05) is 13.1 Å². The zero-order valence-corrected chi connectivity index (χ0v) is 11.7. The number of benzene rings is 1. The molecule has 0 saturated carbocycles. The molecule has 1 aromatic rings. The lowest BCUT2D eigenvalue weighted by atomic mass is 9.94. The molecule has 0 aromatic heterocycles. The quantitative estimate of drug-likeness (QED) is 0.751. The van der Waals surface area contributed by atoms with E-state index in [0.717, 1.165) is 12.5 Å². The summed E-state index contributed by atoms with van der Waals surface area (Å²) in [4.78, 5) is 2.58. The number of likely N-dealkylation sites (tertiary alicyclic amines) is 1. The van der Waals surface area contributed by atoms with Gasteiger partial charge in [-0.2, -0.15) is 0 Å². The Morgan fingerprint density at radius 2 is 1.65 bits per heavy atom. The molecule has 1 aromatic carbocycles. The Morgan fingerprint density at radius 1 is 1.06 bits per heavy atom. The summed E-state index contributed by atoms with van der Waals surface area (Å²) in [6.07, 6.45) is 4.14. The van der Waals surface area contributed by atoms with Gasteiger partial charge in [-0.3, -0.25) is 4.90 Å². The minimum atomic E-state index is 0.983. The number of hydrogen-bond acceptors (Lipinski definition) is 1. The molecule has 1 heterocycles. The molecule has 1 nitrogen and oxygen atoms in total. The molecule has 0 radical (unpaired) electrons. The molecule has 0 aliphatic carbocycles. The molecule has 0 unspecified atom stereocenters. The fourth-order valence-electron chi connectivity index (χ4n) is 2.39.